The van der Waals surface area contributed by atoms with Crippen molar-refractivity contribution in [2.75, 3.05) is 6.61 Å². The Morgan fingerprint density at radius 1 is 1.44 bits per heavy atom. The van der Waals surface area contributed by atoms with Gasteiger partial charge in [0.2, 0.25) is 0 Å². The normalized spacial score (nSPS) is 31.8. The van der Waals surface area contributed by atoms with Gasteiger partial charge in [-0.2, -0.15) is 0 Å². The summed E-state index contributed by atoms with van der Waals surface area (Å²) in [6, 6.07) is 0. The van der Waals surface area contributed by atoms with E-state index in [0.717, 1.165) is 32.3 Å². The van der Waals surface area contributed by atoms with Crippen LogP contribution in [0.2, 0.25) is 0 Å². The Hall–Kier alpha value is -0.340. The summed E-state index contributed by atoms with van der Waals surface area (Å²) in [7, 11) is 0. The zero-order valence-electron chi connectivity index (χ0n) is 10.3. The largest absolute Gasteiger partial charge is 0.389 e. The predicted octanol–water partition coefficient (Wildman–Crippen LogP) is 3.05. The summed E-state index contributed by atoms with van der Waals surface area (Å²) in [5.74, 6) is 0.689. The van der Waals surface area contributed by atoms with Gasteiger partial charge in [-0.05, 0) is 63.4 Å². The van der Waals surface area contributed by atoms with Gasteiger partial charge < -0.3 is 9.84 Å². The Morgan fingerprint density at radius 2 is 2.25 bits per heavy atom. The third-order valence-corrected chi connectivity index (χ3v) is 3.91. The van der Waals surface area contributed by atoms with E-state index in [1.807, 2.05) is 0 Å². The first kappa shape index (κ1) is 12.1. The molecule has 0 saturated heterocycles. The van der Waals surface area contributed by atoms with Crippen molar-refractivity contribution in [3.05, 3.63) is 11.6 Å². The van der Waals surface area contributed by atoms with E-state index >= 15 is 0 Å². The summed E-state index contributed by atoms with van der Waals surface area (Å²) in [5, 5.41) is 10.1. The van der Waals surface area contributed by atoms with E-state index in [4.69, 9.17) is 4.74 Å². The Bertz CT molecular complexity index is 241. The second-order valence-electron chi connectivity index (χ2n) is 5.19. The van der Waals surface area contributed by atoms with E-state index in [2.05, 4.69) is 13.0 Å². The first-order valence-corrected chi connectivity index (χ1v) is 6.78. The molecule has 92 valence electrons. The summed E-state index contributed by atoms with van der Waals surface area (Å²) in [6.07, 6.45) is 10.6. The van der Waals surface area contributed by atoms with Crippen LogP contribution in [0.5, 0.6) is 0 Å². The van der Waals surface area contributed by atoms with Crippen LogP contribution < -0.4 is 0 Å². The second-order valence-corrected chi connectivity index (χ2v) is 5.19. The van der Waals surface area contributed by atoms with Crippen molar-refractivity contribution in [2.45, 2.75) is 64.1 Å². The van der Waals surface area contributed by atoms with Gasteiger partial charge in [-0.1, -0.05) is 6.08 Å². The minimum absolute atomic E-state index is 0.173. The molecular weight excluding hydrogens is 200 g/mol. The molecule has 0 aromatic rings. The summed E-state index contributed by atoms with van der Waals surface area (Å²) in [5.41, 5.74) is 1.30. The van der Waals surface area contributed by atoms with Crippen molar-refractivity contribution < 1.29 is 9.84 Å². The van der Waals surface area contributed by atoms with Gasteiger partial charge in [0.1, 0.15) is 0 Å². The average molecular weight is 224 g/mol. The molecule has 2 aliphatic rings. The van der Waals surface area contributed by atoms with Crippen LogP contribution in [0.4, 0.5) is 0 Å². The predicted molar refractivity (Wildman–Crippen MR) is 65.3 cm³/mol. The fraction of sp³-hybridized carbons (Fsp3) is 0.857. The standard InChI is InChI=1S/C14H24O2/c1-2-16-13-8-11(9-13)10-14(15)12-6-4-3-5-7-12/h6,11,13-15H,2-5,7-10H2,1H3. The van der Waals surface area contributed by atoms with Gasteiger partial charge in [0.05, 0.1) is 12.2 Å². The van der Waals surface area contributed by atoms with Crippen molar-refractivity contribution >= 4 is 0 Å². The lowest BCUT2D eigenvalue weighted by atomic mass is 9.77. The highest BCUT2D eigenvalue weighted by Crippen LogP contribution is 2.35. The van der Waals surface area contributed by atoms with Crippen molar-refractivity contribution in [1.29, 1.82) is 0 Å². The maximum absolute atomic E-state index is 10.1. The van der Waals surface area contributed by atoms with Crippen LogP contribution in [0.1, 0.15) is 51.9 Å². The Labute approximate surface area is 98.7 Å². The summed E-state index contributed by atoms with van der Waals surface area (Å²) >= 11 is 0. The van der Waals surface area contributed by atoms with Crippen LogP contribution in [-0.2, 0) is 4.74 Å². The molecule has 1 unspecified atom stereocenters. The molecule has 0 aliphatic heterocycles. The molecule has 0 bridgehead atoms. The molecule has 0 aromatic carbocycles. The SMILES string of the molecule is CCOC1CC(CC(O)C2=CCCCC2)C1. The minimum Gasteiger partial charge on any atom is -0.389 e. The molecule has 1 atom stereocenters. The van der Waals surface area contributed by atoms with Crippen LogP contribution in [-0.4, -0.2) is 23.9 Å². The summed E-state index contributed by atoms with van der Waals surface area (Å²) in [6.45, 7) is 2.88. The van der Waals surface area contributed by atoms with Gasteiger partial charge in [0.25, 0.3) is 0 Å². The van der Waals surface area contributed by atoms with E-state index in [-0.39, 0.29) is 6.10 Å². The van der Waals surface area contributed by atoms with Gasteiger partial charge in [-0.3, -0.25) is 0 Å². The van der Waals surface area contributed by atoms with E-state index in [1.165, 1.54) is 24.8 Å². The van der Waals surface area contributed by atoms with E-state index in [0.29, 0.717) is 12.0 Å². The van der Waals surface area contributed by atoms with Crippen LogP contribution in [0.15, 0.2) is 11.6 Å². The summed E-state index contributed by atoms with van der Waals surface area (Å²) in [4.78, 5) is 0. The molecule has 1 fully saturated rings. The third-order valence-electron chi connectivity index (χ3n) is 3.91. The fourth-order valence-corrected chi connectivity index (χ4v) is 2.87. The van der Waals surface area contributed by atoms with Crippen molar-refractivity contribution in [3.8, 4) is 0 Å². The molecule has 1 saturated carbocycles. The molecule has 0 aromatic heterocycles. The molecule has 0 amide bonds. The van der Waals surface area contributed by atoms with E-state index in [1.54, 1.807) is 0 Å². The monoisotopic (exact) mass is 224 g/mol. The molecule has 2 rings (SSSR count). The number of ether oxygens (including phenoxy) is 1. The lowest BCUT2D eigenvalue weighted by molar-refractivity contribution is -0.0352. The second kappa shape index (κ2) is 5.83. The van der Waals surface area contributed by atoms with Crippen molar-refractivity contribution in [1.82, 2.24) is 0 Å². The number of rotatable bonds is 5. The molecule has 0 heterocycles. The lowest BCUT2D eigenvalue weighted by Crippen LogP contribution is -2.34. The molecule has 16 heavy (non-hydrogen) atoms. The zero-order valence-corrected chi connectivity index (χ0v) is 10.3. The van der Waals surface area contributed by atoms with Crippen molar-refractivity contribution in [2.24, 2.45) is 5.92 Å². The van der Waals surface area contributed by atoms with Crippen LogP contribution in [0.25, 0.3) is 0 Å². The first-order chi connectivity index (χ1) is 7.79. The first-order valence-electron chi connectivity index (χ1n) is 6.78. The third kappa shape index (κ3) is 3.08. The van der Waals surface area contributed by atoms with Crippen molar-refractivity contribution in [3.63, 3.8) is 0 Å². The van der Waals surface area contributed by atoms with Gasteiger partial charge in [-0.15, -0.1) is 0 Å². The number of allylic oxidation sites excluding steroid dienone is 1. The molecule has 2 aliphatic carbocycles. The van der Waals surface area contributed by atoms with Crippen LogP contribution in [0, 0.1) is 5.92 Å². The van der Waals surface area contributed by atoms with Crippen LogP contribution >= 0.6 is 0 Å². The number of hydrogen-bond acceptors (Lipinski definition) is 2. The highest BCUT2D eigenvalue weighted by atomic mass is 16.5. The molecule has 0 spiro atoms. The summed E-state index contributed by atoms with van der Waals surface area (Å²) < 4.78 is 5.54. The van der Waals surface area contributed by atoms with Crippen LogP contribution in [0.3, 0.4) is 0 Å². The van der Waals surface area contributed by atoms with Gasteiger partial charge in [0, 0.05) is 6.61 Å². The fourth-order valence-electron chi connectivity index (χ4n) is 2.87. The number of aliphatic hydroxyl groups is 1. The van der Waals surface area contributed by atoms with Gasteiger partial charge in [0.15, 0.2) is 0 Å². The molecular formula is C14H24O2. The van der Waals surface area contributed by atoms with E-state index in [9.17, 15) is 5.11 Å². The smallest absolute Gasteiger partial charge is 0.0752 e. The Morgan fingerprint density at radius 3 is 2.88 bits per heavy atom. The molecule has 1 N–H and O–H groups in total. The number of hydrogen-bond donors (Lipinski definition) is 1. The highest BCUT2D eigenvalue weighted by molar-refractivity contribution is 5.11. The van der Waals surface area contributed by atoms with Gasteiger partial charge >= 0.3 is 0 Å². The highest BCUT2D eigenvalue weighted by Gasteiger charge is 2.31. The quantitative estimate of drug-likeness (QED) is 0.727. The zero-order chi connectivity index (χ0) is 11.4. The minimum atomic E-state index is -0.173. The molecule has 2 nitrogen and oxygen atoms in total. The maximum atomic E-state index is 10.1. The van der Waals surface area contributed by atoms with Gasteiger partial charge in [-0.25, -0.2) is 0 Å². The molecule has 2 heteroatoms. The number of aliphatic hydroxyl groups excluding tert-OH is 1. The molecule has 0 radical (unpaired) electrons. The maximum Gasteiger partial charge on any atom is 0.0752 e. The lowest BCUT2D eigenvalue weighted by Gasteiger charge is -2.36. The van der Waals surface area contributed by atoms with E-state index < -0.39 is 0 Å². The average Bonchev–Trinajstić information content (AvgIpc) is 2.27. The topological polar surface area (TPSA) is 29.5 Å². The Kier molecular flexibility index (Phi) is 4.42. The Balaban J connectivity index is 1.68.